The fraction of sp³-hybridized carbons (Fsp3) is 0.458. The van der Waals surface area contributed by atoms with Gasteiger partial charge in [-0.3, -0.25) is 4.90 Å². The van der Waals surface area contributed by atoms with Crippen LogP contribution in [0.25, 0.3) is 10.8 Å². The number of unbranched alkanes of at least 4 members (excludes halogenated alkanes) is 2. The van der Waals surface area contributed by atoms with Gasteiger partial charge in [-0.05, 0) is 91.0 Å². The summed E-state index contributed by atoms with van der Waals surface area (Å²) in [4.78, 5) is 22.4. The van der Waals surface area contributed by atoms with Gasteiger partial charge < -0.3 is 34.0 Å². The minimum Gasteiger partial charge on any atom is -0.490 e. The van der Waals surface area contributed by atoms with Gasteiger partial charge in [0.2, 0.25) is 5.79 Å². The van der Waals surface area contributed by atoms with Gasteiger partial charge in [0.1, 0.15) is 30.8 Å². The van der Waals surface area contributed by atoms with E-state index in [9.17, 15) is 15.0 Å². The zero-order chi connectivity index (χ0) is 40.9. The molecule has 1 amide bonds. The summed E-state index contributed by atoms with van der Waals surface area (Å²) in [5.74, 6) is -0.495. The summed E-state index contributed by atoms with van der Waals surface area (Å²) in [7, 11) is 0. The number of aliphatic hydroxyl groups excluding tert-OH is 2. The Hall–Kier alpha value is -4.90. The molecule has 10 nitrogen and oxygen atoms in total. The van der Waals surface area contributed by atoms with Gasteiger partial charge in [0.15, 0.2) is 0 Å². The second-order valence-electron chi connectivity index (χ2n) is 15.2. The van der Waals surface area contributed by atoms with E-state index >= 15 is 0 Å². The Morgan fingerprint density at radius 3 is 2.50 bits per heavy atom. The third-order valence-corrected chi connectivity index (χ3v) is 11.7. The quantitative estimate of drug-likeness (QED) is 0.0588. The third kappa shape index (κ3) is 9.20. The number of hydrogen-bond donors (Lipinski definition) is 2. The van der Waals surface area contributed by atoms with E-state index in [0.717, 1.165) is 58.9 Å². The molecular formula is C48H60N2O8. The monoisotopic (exact) mass is 792 g/mol. The van der Waals surface area contributed by atoms with Gasteiger partial charge in [0.05, 0.1) is 31.4 Å². The molecule has 0 saturated heterocycles. The maximum atomic E-state index is 14.7. The van der Waals surface area contributed by atoms with Gasteiger partial charge >= 0.3 is 6.09 Å². The number of nitrogens with zero attached hydrogens (tertiary/aromatic N) is 2. The predicted molar refractivity (Wildman–Crippen MR) is 228 cm³/mol. The van der Waals surface area contributed by atoms with Crippen LogP contribution in [-0.4, -0.2) is 78.4 Å². The highest BCUT2D eigenvalue weighted by Gasteiger charge is 2.65. The summed E-state index contributed by atoms with van der Waals surface area (Å²) in [6.07, 6.45) is 12.5. The number of aliphatic hydroxyl groups is 2. The van der Waals surface area contributed by atoms with Crippen molar-refractivity contribution < 1.29 is 38.8 Å². The second kappa shape index (κ2) is 20.7. The van der Waals surface area contributed by atoms with Crippen LogP contribution in [0.3, 0.4) is 0 Å². The van der Waals surface area contributed by atoms with Crippen molar-refractivity contribution in [2.45, 2.75) is 82.6 Å². The van der Waals surface area contributed by atoms with Crippen molar-refractivity contribution in [2.24, 2.45) is 22.9 Å². The Labute approximate surface area is 343 Å². The normalized spacial score (nSPS) is 23.8. The Bertz CT molecular complexity index is 1940. The molecule has 1 fully saturated rings. The van der Waals surface area contributed by atoms with Crippen molar-refractivity contribution in [3.8, 4) is 11.5 Å². The fourth-order valence-corrected chi connectivity index (χ4v) is 9.26. The van der Waals surface area contributed by atoms with Crippen LogP contribution in [-0.2, 0) is 20.9 Å². The number of rotatable bonds is 22. The first kappa shape index (κ1) is 42.7. The highest BCUT2D eigenvalue weighted by atomic mass is 16.7. The molecule has 0 bridgehead atoms. The lowest BCUT2D eigenvalue weighted by atomic mass is 9.55. The first-order chi connectivity index (χ1) is 28.4. The van der Waals surface area contributed by atoms with Crippen molar-refractivity contribution in [3.63, 3.8) is 0 Å². The van der Waals surface area contributed by atoms with E-state index in [1.165, 1.54) is 0 Å². The zero-order valence-corrected chi connectivity index (χ0v) is 33.9. The molecule has 310 valence electrons. The molecular weight excluding hydrogens is 733 g/mol. The number of carbonyl (C=O) groups is 1. The SMILES string of the molecule is C=CCCOC(=O)N(Cc1cccc2ccccc12)[C@H]1CC(=NOCC)C2=C[C@H](CCCCO)[C@@H](CCCCO)[C@@H]3c4cc(OCC=C)ccc4O[C@@]1(OCC=C)[C@H]23. The van der Waals surface area contributed by atoms with E-state index < -0.39 is 23.8 Å². The molecule has 0 radical (unpaired) electrons. The molecule has 1 heterocycles. The number of hydrogen-bond acceptors (Lipinski definition) is 9. The number of allylic oxidation sites excluding steroid dienone is 1. The van der Waals surface area contributed by atoms with Crippen LogP contribution in [0.4, 0.5) is 4.79 Å². The van der Waals surface area contributed by atoms with E-state index in [1.54, 1.807) is 23.1 Å². The summed E-state index contributed by atoms with van der Waals surface area (Å²) in [6, 6.07) is 19.5. The van der Waals surface area contributed by atoms with Crippen molar-refractivity contribution in [2.75, 3.05) is 39.6 Å². The third-order valence-electron chi connectivity index (χ3n) is 11.7. The lowest BCUT2D eigenvalue weighted by Gasteiger charge is -2.59. The van der Waals surface area contributed by atoms with E-state index in [2.05, 4.69) is 50.1 Å². The van der Waals surface area contributed by atoms with Crippen LogP contribution >= 0.6 is 0 Å². The molecule has 58 heavy (non-hydrogen) atoms. The maximum absolute atomic E-state index is 14.7. The summed E-state index contributed by atoms with van der Waals surface area (Å²) in [5.41, 5.74) is 3.64. The molecule has 3 aromatic rings. The Morgan fingerprint density at radius 1 is 0.966 bits per heavy atom. The first-order valence-electron chi connectivity index (χ1n) is 20.9. The van der Waals surface area contributed by atoms with Gasteiger partial charge in [-0.2, -0.15) is 0 Å². The molecule has 1 saturated carbocycles. The second-order valence-corrected chi connectivity index (χ2v) is 15.2. The van der Waals surface area contributed by atoms with Gasteiger partial charge in [-0.25, -0.2) is 4.79 Å². The molecule has 2 aliphatic carbocycles. The van der Waals surface area contributed by atoms with Crippen molar-refractivity contribution in [1.82, 2.24) is 4.90 Å². The van der Waals surface area contributed by atoms with E-state index in [4.69, 9.17) is 28.9 Å². The maximum Gasteiger partial charge on any atom is 0.410 e. The Balaban J connectivity index is 1.61. The van der Waals surface area contributed by atoms with Crippen LogP contribution < -0.4 is 9.47 Å². The van der Waals surface area contributed by atoms with E-state index in [-0.39, 0.29) is 57.1 Å². The number of oxime groups is 1. The molecule has 6 atom stereocenters. The fourth-order valence-electron chi connectivity index (χ4n) is 9.26. The van der Waals surface area contributed by atoms with Gasteiger partial charge in [-0.1, -0.05) is 91.3 Å². The number of fused-ring (bicyclic) bond motifs is 3. The zero-order valence-electron chi connectivity index (χ0n) is 33.9. The average Bonchev–Trinajstić information content (AvgIpc) is 3.24. The molecule has 6 rings (SSSR count). The summed E-state index contributed by atoms with van der Waals surface area (Å²) in [5, 5.41) is 26.7. The molecule has 0 aromatic heterocycles. The van der Waals surface area contributed by atoms with Crippen LogP contribution in [0.15, 0.2) is 115 Å². The number of benzene rings is 3. The number of ether oxygens (including phenoxy) is 4. The number of amides is 1. The van der Waals surface area contributed by atoms with Crippen LogP contribution in [0, 0.1) is 17.8 Å². The van der Waals surface area contributed by atoms with E-state index in [1.807, 2.05) is 43.3 Å². The highest BCUT2D eigenvalue weighted by Crippen LogP contribution is 2.62. The summed E-state index contributed by atoms with van der Waals surface area (Å²) in [6.45, 7) is 15.1. The molecule has 3 aliphatic rings. The summed E-state index contributed by atoms with van der Waals surface area (Å²) < 4.78 is 26.6. The molecule has 0 unspecified atom stereocenters. The molecule has 2 N–H and O–H groups in total. The highest BCUT2D eigenvalue weighted by molar-refractivity contribution is 6.03. The minimum absolute atomic E-state index is 0.0844. The lowest BCUT2D eigenvalue weighted by molar-refractivity contribution is -0.256. The molecule has 0 spiro atoms. The topological polar surface area (TPSA) is 119 Å². The predicted octanol–water partition coefficient (Wildman–Crippen LogP) is 9.27. The Kier molecular flexibility index (Phi) is 15.2. The molecule has 10 heteroatoms. The molecule has 1 aliphatic heterocycles. The van der Waals surface area contributed by atoms with Gasteiger partial charge in [0, 0.05) is 31.1 Å². The van der Waals surface area contributed by atoms with Gasteiger partial charge in [0.25, 0.3) is 0 Å². The minimum atomic E-state index is -1.42. The molecule has 3 aromatic carbocycles. The largest absolute Gasteiger partial charge is 0.490 e. The van der Waals surface area contributed by atoms with Gasteiger partial charge in [-0.15, -0.1) is 13.2 Å². The lowest BCUT2D eigenvalue weighted by Crippen LogP contribution is -2.70. The summed E-state index contributed by atoms with van der Waals surface area (Å²) >= 11 is 0. The van der Waals surface area contributed by atoms with Crippen LogP contribution in [0.1, 0.15) is 75.3 Å². The average molecular weight is 793 g/mol. The van der Waals surface area contributed by atoms with Crippen molar-refractivity contribution >= 4 is 22.6 Å². The first-order valence-corrected chi connectivity index (χ1v) is 20.9. The Morgan fingerprint density at radius 2 is 1.74 bits per heavy atom. The van der Waals surface area contributed by atoms with Crippen LogP contribution in [0.2, 0.25) is 0 Å². The van der Waals surface area contributed by atoms with E-state index in [0.29, 0.717) is 44.0 Å². The van der Waals surface area contributed by atoms with Crippen molar-refractivity contribution in [1.29, 1.82) is 0 Å². The van der Waals surface area contributed by atoms with Crippen LogP contribution in [0.5, 0.6) is 11.5 Å². The smallest absolute Gasteiger partial charge is 0.410 e. The van der Waals surface area contributed by atoms with Crippen molar-refractivity contribution in [3.05, 3.63) is 121 Å². The number of carbonyl (C=O) groups excluding carboxylic acids is 1. The standard InChI is InChI=1S/C48H60N2O8/c1-5-9-29-55-47(53)50(33-36-20-16-19-34-17-10-11-21-38(34)36)44-32-42(49-57-8-4)40-30-35(18-12-14-25-51)39(22-13-15-26-52)45-41-31-37(54-27-6-2)23-24-43(41)58-48(44,46(40)45)56-28-7-3/h5-7,10-11,16-17,19-21,23-24,30-31,35,39,44-46,51-52H,1-3,8-9,12-15,18,22,25-29,32-33H2,4H3/t35-,39+,44-,45+,46+,48+/m0/s1.